The number of H-pyrrole nitrogens is 1. The van der Waals surface area contributed by atoms with E-state index in [2.05, 4.69) is 71.1 Å². The zero-order valence-corrected chi connectivity index (χ0v) is 38.1. The molecule has 6 atom stereocenters. The SMILES string of the molecule is COC[C@H]1C[C@@H](c2ncc(-c3ccc(-c4ccc(C5=CN=C([C@@H]6CC[C@H](C)N6C(=O)[C@@H](NC(=O)OC)C(C)C)C5)cc4)cc3)[nH]2)N(C(=O)[C@H](NC(=O)OC(C)(C)C)c2ccccc2)C1. The molecule has 14 heteroatoms. The molecule has 0 bridgehead atoms. The van der Waals surface area contributed by atoms with E-state index in [1.807, 2.05) is 55.3 Å². The zero-order chi connectivity index (χ0) is 45.7. The number of hydrogen-bond acceptors (Lipinski definition) is 9. The predicted octanol–water partition coefficient (Wildman–Crippen LogP) is 8.49. The number of amides is 4. The maximum absolute atomic E-state index is 14.5. The summed E-state index contributed by atoms with van der Waals surface area (Å²) in [5.41, 5.74) is 6.96. The Morgan fingerprint density at radius 2 is 1.48 bits per heavy atom. The van der Waals surface area contributed by atoms with Crippen molar-refractivity contribution in [3.8, 4) is 22.4 Å². The number of likely N-dealkylation sites (tertiary alicyclic amines) is 2. The molecule has 0 unspecified atom stereocenters. The van der Waals surface area contributed by atoms with E-state index in [1.54, 1.807) is 39.0 Å². The van der Waals surface area contributed by atoms with Crippen LogP contribution in [0.25, 0.3) is 28.0 Å². The van der Waals surface area contributed by atoms with Crippen LogP contribution in [0.3, 0.4) is 0 Å². The van der Waals surface area contributed by atoms with Crippen molar-refractivity contribution >= 4 is 35.3 Å². The number of carbonyl (C=O) groups is 4. The van der Waals surface area contributed by atoms with Gasteiger partial charge in [0, 0.05) is 43.9 Å². The van der Waals surface area contributed by atoms with Crippen molar-refractivity contribution in [1.29, 1.82) is 0 Å². The van der Waals surface area contributed by atoms with Crippen molar-refractivity contribution in [3.05, 3.63) is 108 Å². The molecule has 3 aromatic carbocycles. The van der Waals surface area contributed by atoms with Gasteiger partial charge in [0.05, 0.1) is 37.7 Å². The number of hydrogen-bond donors (Lipinski definition) is 3. The number of aliphatic imine (C=N–C) groups is 1. The first-order chi connectivity index (χ1) is 30.6. The van der Waals surface area contributed by atoms with E-state index >= 15 is 0 Å². The Hall–Kier alpha value is -6.28. The number of carbonyl (C=O) groups excluding carboxylic acids is 4. The van der Waals surface area contributed by atoms with Gasteiger partial charge in [-0.05, 0) is 86.3 Å². The summed E-state index contributed by atoms with van der Waals surface area (Å²) in [6.07, 6.45) is 5.41. The number of ether oxygens (including phenoxy) is 3. The molecule has 2 saturated heterocycles. The minimum absolute atomic E-state index is 0.0302. The second-order valence-corrected chi connectivity index (χ2v) is 18.4. The third-order valence-electron chi connectivity index (χ3n) is 12.3. The van der Waals surface area contributed by atoms with Crippen molar-refractivity contribution in [1.82, 2.24) is 30.4 Å². The Morgan fingerprint density at radius 1 is 0.828 bits per heavy atom. The molecule has 0 spiro atoms. The molecule has 3 aliphatic rings. The summed E-state index contributed by atoms with van der Waals surface area (Å²) >= 11 is 0. The maximum atomic E-state index is 14.5. The maximum Gasteiger partial charge on any atom is 0.408 e. The summed E-state index contributed by atoms with van der Waals surface area (Å²) < 4.78 is 15.9. The Balaban J connectivity index is 1.01. The van der Waals surface area contributed by atoms with E-state index in [0.29, 0.717) is 37.4 Å². The summed E-state index contributed by atoms with van der Waals surface area (Å²) in [6.45, 7) is 12.2. The van der Waals surface area contributed by atoms with Gasteiger partial charge in [-0.25, -0.2) is 14.6 Å². The molecular weight excluding hydrogens is 811 g/mol. The highest BCUT2D eigenvalue weighted by molar-refractivity contribution is 6.04. The summed E-state index contributed by atoms with van der Waals surface area (Å²) in [5, 5.41) is 5.57. The van der Waals surface area contributed by atoms with Gasteiger partial charge in [-0.2, -0.15) is 0 Å². The Morgan fingerprint density at radius 3 is 2.11 bits per heavy atom. The lowest BCUT2D eigenvalue weighted by molar-refractivity contribution is -0.136. The van der Waals surface area contributed by atoms with Gasteiger partial charge in [-0.15, -0.1) is 0 Å². The van der Waals surface area contributed by atoms with Gasteiger partial charge in [0.25, 0.3) is 5.91 Å². The Kier molecular flexibility index (Phi) is 14.0. The Labute approximate surface area is 375 Å². The van der Waals surface area contributed by atoms with Gasteiger partial charge >= 0.3 is 12.2 Å². The number of alkyl carbamates (subject to hydrolysis) is 2. The number of aromatic nitrogens is 2. The van der Waals surface area contributed by atoms with Gasteiger partial charge in [0.1, 0.15) is 23.5 Å². The highest BCUT2D eigenvalue weighted by Crippen LogP contribution is 2.38. The molecule has 0 radical (unpaired) electrons. The largest absolute Gasteiger partial charge is 0.453 e. The molecule has 14 nitrogen and oxygen atoms in total. The summed E-state index contributed by atoms with van der Waals surface area (Å²) in [4.78, 5) is 70.2. The van der Waals surface area contributed by atoms with Crippen molar-refractivity contribution in [2.24, 2.45) is 16.8 Å². The molecule has 4 heterocycles. The number of nitrogens with zero attached hydrogens (tertiary/aromatic N) is 4. The number of nitrogens with one attached hydrogen (secondary N) is 3. The summed E-state index contributed by atoms with van der Waals surface area (Å²) in [6, 6.07) is 23.8. The zero-order valence-electron chi connectivity index (χ0n) is 38.1. The van der Waals surface area contributed by atoms with Crippen molar-refractivity contribution in [3.63, 3.8) is 0 Å². The number of methoxy groups -OCH3 is 2. The number of rotatable bonds is 13. The van der Waals surface area contributed by atoms with E-state index in [9.17, 15) is 19.2 Å². The molecule has 2 fully saturated rings. The van der Waals surface area contributed by atoms with Crippen LogP contribution >= 0.6 is 0 Å². The van der Waals surface area contributed by atoms with E-state index in [0.717, 1.165) is 52.1 Å². The minimum Gasteiger partial charge on any atom is -0.453 e. The van der Waals surface area contributed by atoms with Crippen LogP contribution in [0.5, 0.6) is 0 Å². The lowest BCUT2D eigenvalue weighted by Crippen LogP contribution is -2.55. The van der Waals surface area contributed by atoms with Gasteiger partial charge in [-0.1, -0.05) is 92.7 Å². The molecule has 4 amide bonds. The number of allylic oxidation sites excluding steroid dienone is 1. The second kappa shape index (κ2) is 19.6. The first kappa shape index (κ1) is 45.7. The van der Waals surface area contributed by atoms with Crippen LogP contribution in [-0.2, 0) is 23.8 Å². The fourth-order valence-corrected chi connectivity index (χ4v) is 9.05. The highest BCUT2D eigenvalue weighted by atomic mass is 16.6. The van der Waals surface area contributed by atoms with Gasteiger partial charge < -0.3 is 39.6 Å². The number of aromatic amines is 1. The van der Waals surface area contributed by atoms with E-state index in [1.165, 1.54) is 7.11 Å². The standard InChI is InChI=1S/C50H61N7O7/c1-30(2)43(54-48(60)63-8)47(59)57-31(3)14-23-41(57)39-25-38(26-51-39)35-17-15-33(16-18-35)34-19-21-36(22-20-34)40-27-52-45(53-40)42-24-32(29-62-7)28-56(42)46(58)44(37-12-10-9-11-13-37)55-49(61)64-50(4,5)6/h9-13,15-22,26-27,30-32,41-44H,14,23-25,28-29H2,1-8H3,(H,52,53)(H,54,60)(H,55,61)/t31-,32-,41-,42-,43-,44+/m0/s1. The van der Waals surface area contributed by atoms with Crippen LogP contribution < -0.4 is 10.6 Å². The minimum atomic E-state index is -0.956. The topological polar surface area (TPSA) is 168 Å². The highest BCUT2D eigenvalue weighted by Gasteiger charge is 2.43. The summed E-state index contributed by atoms with van der Waals surface area (Å²) in [5.74, 6) is 0.275. The van der Waals surface area contributed by atoms with Crippen molar-refractivity contribution < 1.29 is 33.4 Å². The average Bonchev–Trinajstić information content (AvgIpc) is 4.11. The monoisotopic (exact) mass is 871 g/mol. The summed E-state index contributed by atoms with van der Waals surface area (Å²) in [7, 11) is 2.96. The molecule has 1 aromatic heterocycles. The predicted molar refractivity (Wildman–Crippen MR) is 246 cm³/mol. The van der Waals surface area contributed by atoms with E-state index in [-0.39, 0.29) is 41.8 Å². The molecule has 0 saturated carbocycles. The lowest BCUT2D eigenvalue weighted by Gasteiger charge is -2.33. The van der Waals surface area contributed by atoms with Crippen LogP contribution in [0, 0.1) is 11.8 Å². The third kappa shape index (κ3) is 10.4. The fourth-order valence-electron chi connectivity index (χ4n) is 9.05. The van der Waals surface area contributed by atoms with Crippen LogP contribution in [0.15, 0.2) is 96.3 Å². The molecule has 7 rings (SSSR count). The molecule has 3 aliphatic heterocycles. The first-order valence-corrected chi connectivity index (χ1v) is 22.2. The molecule has 3 N–H and O–H groups in total. The van der Waals surface area contributed by atoms with E-state index in [4.69, 9.17) is 24.2 Å². The smallest absolute Gasteiger partial charge is 0.408 e. The van der Waals surface area contributed by atoms with E-state index < -0.39 is 29.9 Å². The van der Waals surface area contributed by atoms with Crippen LogP contribution in [0.2, 0.25) is 0 Å². The fraction of sp³-hybridized carbons (Fsp3) is 0.440. The Bertz CT molecular complexity index is 2350. The first-order valence-electron chi connectivity index (χ1n) is 22.2. The van der Waals surface area contributed by atoms with Gasteiger partial charge in [-0.3, -0.25) is 14.6 Å². The molecule has 0 aliphatic carbocycles. The molecule has 338 valence electrons. The molecule has 64 heavy (non-hydrogen) atoms. The van der Waals surface area contributed by atoms with Crippen LogP contribution in [-0.4, -0.2) is 101 Å². The quantitative estimate of drug-likeness (QED) is 0.120. The number of benzene rings is 3. The normalized spacial score (nSPS) is 20.7. The van der Waals surface area contributed by atoms with Crippen molar-refractivity contribution in [2.45, 2.75) is 103 Å². The van der Waals surface area contributed by atoms with Crippen LogP contribution in [0.4, 0.5) is 9.59 Å². The number of imidazole rings is 1. The van der Waals surface area contributed by atoms with Crippen molar-refractivity contribution in [2.75, 3.05) is 27.4 Å². The second-order valence-electron chi connectivity index (χ2n) is 18.4. The molecular formula is C50H61N7O7. The average molecular weight is 872 g/mol. The van der Waals surface area contributed by atoms with Gasteiger partial charge in [0.2, 0.25) is 5.91 Å². The lowest BCUT2D eigenvalue weighted by atomic mass is 9.95. The third-order valence-corrected chi connectivity index (χ3v) is 12.3. The molecule has 4 aromatic rings. The van der Waals surface area contributed by atoms with Crippen LogP contribution in [0.1, 0.15) is 96.3 Å². The van der Waals surface area contributed by atoms with Gasteiger partial charge in [0.15, 0.2) is 0 Å².